The Morgan fingerprint density at radius 1 is 1.03 bits per heavy atom. The van der Waals surface area contributed by atoms with Crippen LogP contribution in [0, 0.1) is 12.8 Å². The maximum absolute atomic E-state index is 13.0. The maximum atomic E-state index is 13.0. The van der Waals surface area contributed by atoms with Gasteiger partial charge in [-0.15, -0.1) is 0 Å². The molecular formula is C23H30N4O2S. The van der Waals surface area contributed by atoms with Crippen molar-refractivity contribution in [1.29, 1.82) is 0 Å². The highest BCUT2D eigenvalue weighted by molar-refractivity contribution is 7.91. The van der Waals surface area contributed by atoms with Gasteiger partial charge in [-0.1, -0.05) is 50.2 Å². The Hall–Kier alpha value is -2.51. The topological polar surface area (TPSA) is 68.1 Å². The van der Waals surface area contributed by atoms with E-state index in [9.17, 15) is 8.42 Å². The van der Waals surface area contributed by atoms with Crippen molar-refractivity contribution in [2.75, 3.05) is 12.8 Å². The summed E-state index contributed by atoms with van der Waals surface area (Å²) >= 11 is 0. The third-order valence-corrected chi connectivity index (χ3v) is 6.87. The number of sulfone groups is 1. The fourth-order valence-electron chi connectivity index (χ4n) is 3.49. The van der Waals surface area contributed by atoms with Crippen molar-refractivity contribution < 1.29 is 8.42 Å². The molecule has 1 aromatic carbocycles. The Kier molecular flexibility index (Phi) is 7.05. The summed E-state index contributed by atoms with van der Waals surface area (Å²) in [4.78, 5) is 10.9. The molecule has 0 N–H and O–H groups in total. The van der Waals surface area contributed by atoms with Crippen molar-refractivity contribution in [2.45, 2.75) is 45.6 Å². The molecule has 0 spiro atoms. The molecule has 0 aliphatic rings. The molecule has 6 nitrogen and oxygen atoms in total. The highest BCUT2D eigenvalue weighted by Crippen LogP contribution is 2.19. The Morgan fingerprint density at radius 2 is 1.77 bits per heavy atom. The zero-order chi connectivity index (χ0) is 21.7. The van der Waals surface area contributed by atoms with E-state index in [-0.39, 0.29) is 16.8 Å². The van der Waals surface area contributed by atoms with E-state index in [1.807, 2.05) is 74.9 Å². The third-order valence-electron chi connectivity index (χ3n) is 4.89. The molecule has 3 aromatic rings. The predicted octanol–water partition coefficient (Wildman–Crippen LogP) is 3.70. The first-order chi connectivity index (χ1) is 14.3. The van der Waals surface area contributed by atoms with Gasteiger partial charge in [0.15, 0.2) is 0 Å². The van der Waals surface area contributed by atoms with Crippen LogP contribution < -0.4 is 0 Å². The quantitative estimate of drug-likeness (QED) is 0.522. The first-order valence-electron chi connectivity index (χ1n) is 10.2. The van der Waals surface area contributed by atoms with Crippen LogP contribution in [0.5, 0.6) is 0 Å². The fourth-order valence-corrected chi connectivity index (χ4v) is 5.24. The number of aryl methyl sites for hydroxylation is 1. The second-order valence-electron chi connectivity index (χ2n) is 8.22. The van der Waals surface area contributed by atoms with E-state index in [1.165, 1.54) is 0 Å². The molecule has 0 saturated heterocycles. The van der Waals surface area contributed by atoms with Crippen LogP contribution in [-0.2, 0) is 29.5 Å². The van der Waals surface area contributed by atoms with Gasteiger partial charge < -0.3 is 4.57 Å². The molecule has 0 atom stereocenters. The van der Waals surface area contributed by atoms with Crippen molar-refractivity contribution in [3.63, 3.8) is 0 Å². The lowest BCUT2D eigenvalue weighted by atomic mass is 10.2. The van der Waals surface area contributed by atoms with Crippen molar-refractivity contribution in [3.8, 4) is 0 Å². The standard InChI is InChI=1S/C23H30N4O2S/c1-18(2)17-30(28,29)23-25-13-21(27(23)14-20-10-6-5-7-11-20)15-26(4)16-22-19(3)9-8-12-24-22/h5-13,18H,14-17H2,1-4H3. The van der Waals surface area contributed by atoms with Gasteiger partial charge in [0.1, 0.15) is 0 Å². The van der Waals surface area contributed by atoms with Gasteiger partial charge in [-0.05, 0) is 37.1 Å². The van der Waals surface area contributed by atoms with Gasteiger partial charge in [0.05, 0.1) is 29.9 Å². The molecule has 7 heteroatoms. The molecule has 0 unspecified atom stereocenters. The smallest absolute Gasteiger partial charge is 0.228 e. The van der Waals surface area contributed by atoms with Gasteiger partial charge in [-0.3, -0.25) is 9.88 Å². The summed E-state index contributed by atoms with van der Waals surface area (Å²) in [5.74, 6) is 0.122. The number of benzene rings is 1. The molecule has 0 aliphatic heterocycles. The van der Waals surface area contributed by atoms with Gasteiger partial charge >= 0.3 is 0 Å². The Bertz CT molecular complexity index is 1080. The molecule has 3 rings (SSSR count). The van der Waals surface area contributed by atoms with Crippen LogP contribution in [0.4, 0.5) is 0 Å². The molecule has 0 saturated carbocycles. The molecule has 2 heterocycles. The highest BCUT2D eigenvalue weighted by atomic mass is 32.2. The van der Waals surface area contributed by atoms with Crippen LogP contribution in [-0.4, -0.2) is 40.7 Å². The Balaban J connectivity index is 1.90. The molecule has 0 fully saturated rings. The lowest BCUT2D eigenvalue weighted by Crippen LogP contribution is -2.23. The largest absolute Gasteiger partial charge is 0.313 e. The monoisotopic (exact) mass is 426 g/mol. The lowest BCUT2D eigenvalue weighted by Gasteiger charge is -2.19. The minimum absolute atomic E-state index is 0.0372. The number of rotatable bonds is 9. The summed E-state index contributed by atoms with van der Waals surface area (Å²) in [6.45, 7) is 7.59. The SMILES string of the molecule is Cc1cccnc1CN(C)Cc1cnc(S(=O)(=O)CC(C)C)n1Cc1ccccc1. The van der Waals surface area contributed by atoms with Crippen LogP contribution in [0.15, 0.2) is 60.0 Å². The molecule has 2 aromatic heterocycles. The lowest BCUT2D eigenvalue weighted by molar-refractivity contribution is 0.304. The van der Waals surface area contributed by atoms with Crippen molar-refractivity contribution in [1.82, 2.24) is 19.4 Å². The number of nitrogens with zero attached hydrogens (tertiary/aromatic N) is 4. The van der Waals surface area contributed by atoms with Crippen molar-refractivity contribution in [3.05, 3.63) is 77.4 Å². The summed E-state index contributed by atoms with van der Waals surface area (Å²) in [5.41, 5.74) is 4.07. The average molecular weight is 427 g/mol. The number of hydrogen-bond donors (Lipinski definition) is 0. The maximum Gasteiger partial charge on any atom is 0.228 e. The Morgan fingerprint density at radius 3 is 2.43 bits per heavy atom. The first kappa shape index (κ1) is 22.2. The number of aromatic nitrogens is 3. The Labute approximate surface area is 179 Å². The minimum Gasteiger partial charge on any atom is -0.313 e. The van der Waals surface area contributed by atoms with E-state index in [1.54, 1.807) is 12.4 Å². The van der Waals surface area contributed by atoms with Gasteiger partial charge in [0, 0.05) is 19.3 Å². The molecular weight excluding hydrogens is 396 g/mol. The van der Waals surface area contributed by atoms with Crippen LogP contribution in [0.2, 0.25) is 0 Å². The number of hydrogen-bond acceptors (Lipinski definition) is 5. The van der Waals surface area contributed by atoms with Crippen molar-refractivity contribution >= 4 is 9.84 Å². The molecule has 160 valence electrons. The van der Waals surface area contributed by atoms with E-state index in [2.05, 4.69) is 14.9 Å². The first-order valence-corrected chi connectivity index (χ1v) is 11.8. The van der Waals surface area contributed by atoms with E-state index >= 15 is 0 Å². The third kappa shape index (κ3) is 5.55. The zero-order valence-electron chi connectivity index (χ0n) is 18.1. The summed E-state index contributed by atoms with van der Waals surface area (Å²) in [5, 5.41) is 0.150. The summed E-state index contributed by atoms with van der Waals surface area (Å²) < 4.78 is 27.8. The van der Waals surface area contributed by atoms with E-state index < -0.39 is 9.84 Å². The summed E-state index contributed by atoms with van der Waals surface area (Å²) in [6.07, 6.45) is 3.49. The van der Waals surface area contributed by atoms with Crippen LogP contribution in [0.25, 0.3) is 0 Å². The van der Waals surface area contributed by atoms with Gasteiger partial charge in [-0.25, -0.2) is 13.4 Å². The van der Waals surface area contributed by atoms with Gasteiger partial charge in [0.25, 0.3) is 0 Å². The molecule has 30 heavy (non-hydrogen) atoms. The van der Waals surface area contributed by atoms with E-state index in [0.29, 0.717) is 19.6 Å². The van der Waals surface area contributed by atoms with E-state index in [4.69, 9.17) is 0 Å². The molecule has 0 aliphatic carbocycles. The summed E-state index contributed by atoms with van der Waals surface area (Å²) in [7, 11) is -1.46. The fraction of sp³-hybridized carbons (Fsp3) is 0.391. The molecule has 0 bridgehead atoms. The second kappa shape index (κ2) is 9.53. The molecule has 0 radical (unpaired) electrons. The second-order valence-corrected chi connectivity index (χ2v) is 10.1. The van der Waals surface area contributed by atoms with Crippen LogP contribution in [0.1, 0.15) is 36.4 Å². The van der Waals surface area contributed by atoms with E-state index in [0.717, 1.165) is 22.5 Å². The van der Waals surface area contributed by atoms with Crippen LogP contribution >= 0.6 is 0 Å². The highest BCUT2D eigenvalue weighted by Gasteiger charge is 2.25. The average Bonchev–Trinajstić information content (AvgIpc) is 3.06. The minimum atomic E-state index is -3.47. The van der Waals surface area contributed by atoms with Crippen LogP contribution in [0.3, 0.4) is 0 Å². The van der Waals surface area contributed by atoms with Gasteiger partial charge in [-0.2, -0.15) is 0 Å². The number of pyridine rings is 1. The van der Waals surface area contributed by atoms with Crippen molar-refractivity contribution in [2.24, 2.45) is 5.92 Å². The molecule has 0 amide bonds. The normalized spacial score (nSPS) is 12.1. The van der Waals surface area contributed by atoms with Gasteiger partial charge in [0.2, 0.25) is 15.0 Å². The predicted molar refractivity (Wildman–Crippen MR) is 119 cm³/mol. The summed E-state index contributed by atoms with van der Waals surface area (Å²) in [6, 6.07) is 13.9. The zero-order valence-corrected chi connectivity index (χ0v) is 18.9. The number of imidazole rings is 1.